The average molecular weight is 278 g/mol. The maximum absolute atomic E-state index is 12.2. The molecule has 2 amide bonds. The van der Waals surface area contributed by atoms with E-state index in [1.807, 2.05) is 0 Å². The van der Waals surface area contributed by atoms with Gasteiger partial charge in [-0.25, -0.2) is 0 Å². The van der Waals surface area contributed by atoms with E-state index in [2.05, 4.69) is 17.9 Å². The van der Waals surface area contributed by atoms with Crippen LogP contribution in [0.3, 0.4) is 0 Å². The van der Waals surface area contributed by atoms with Gasteiger partial charge in [0.05, 0.1) is 13.2 Å². The summed E-state index contributed by atoms with van der Waals surface area (Å²) in [7, 11) is 3.14. The SMILES string of the molecule is COCCN(CCOC)C(=O)C(CS)NC(C)=O. The largest absolute Gasteiger partial charge is 0.383 e. The van der Waals surface area contributed by atoms with E-state index in [0.29, 0.717) is 26.3 Å². The molecule has 0 saturated heterocycles. The third-order valence-electron chi connectivity index (χ3n) is 2.30. The Kier molecular flexibility index (Phi) is 9.72. The number of nitrogens with zero attached hydrogens (tertiary/aromatic N) is 1. The summed E-state index contributed by atoms with van der Waals surface area (Å²) in [5.74, 6) is -0.162. The van der Waals surface area contributed by atoms with Crippen molar-refractivity contribution in [3.8, 4) is 0 Å². The summed E-state index contributed by atoms with van der Waals surface area (Å²) in [5, 5.41) is 2.57. The van der Waals surface area contributed by atoms with Crippen LogP contribution in [0.4, 0.5) is 0 Å². The molecule has 1 unspecified atom stereocenters. The van der Waals surface area contributed by atoms with Gasteiger partial charge in [0.15, 0.2) is 0 Å². The fraction of sp³-hybridized carbons (Fsp3) is 0.818. The minimum atomic E-state index is -0.612. The molecular weight excluding hydrogens is 256 g/mol. The first-order valence-electron chi connectivity index (χ1n) is 5.71. The van der Waals surface area contributed by atoms with Gasteiger partial charge >= 0.3 is 0 Å². The van der Waals surface area contributed by atoms with Crippen LogP contribution in [0.15, 0.2) is 0 Å². The highest BCUT2D eigenvalue weighted by molar-refractivity contribution is 7.80. The first-order chi connectivity index (χ1) is 8.56. The summed E-state index contributed by atoms with van der Waals surface area (Å²) >= 11 is 4.08. The number of carbonyl (C=O) groups excluding carboxylic acids is 2. The Hall–Kier alpha value is -0.790. The van der Waals surface area contributed by atoms with Gasteiger partial charge in [-0.3, -0.25) is 9.59 Å². The molecule has 0 bridgehead atoms. The van der Waals surface area contributed by atoms with Gasteiger partial charge in [0.1, 0.15) is 6.04 Å². The van der Waals surface area contributed by atoms with Crippen molar-refractivity contribution in [3.05, 3.63) is 0 Å². The summed E-state index contributed by atoms with van der Waals surface area (Å²) < 4.78 is 9.91. The predicted octanol–water partition coefficient (Wildman–Crippen LogP) is -0.458. The minimum absolute atomic E-state index is 0.172. The molecule has 0 aromatic rings. The first kappa shape index (κ1) is 17.2. The smallest absolute Gasteiger partial charge is 0.246 e. The molecule has 106 valence electrons. The van der Waals surface area contributed by atoms with Crippen molar-refractivity contribution in [1.82, 2.24) is 10.2 Å². The Morgan fingerprint density at radius 1 is 1.22 bits per heavy atom. The molecular formula is C11H22N2O4S. The molecule has 0 rings (SSSR count). The van der Waals surface area contributed by atoms with Gasteiger partial charge in [0.25, 0.3) is 0 Å². The molecule has 0 radical (unpaired) electrons. The van der Waals surface area contributed by atoms with Crippen LogP contribution in [0.2, 0.25) is 0 Å². The Morgan fingerprint density at radius 2 is 1.72 bits per heavy atom. The van der Waals surface area contributed by atoms with Gasteiger partial charge in [-0.15, -0.1) is 0 Å². The van der Waals surface area contributed by atoms with Crippen molar-refractivity contribution in [2.24, 2.45) is 0 Å². The van der Waals surface area contributed by atoms with E-state index in [-0.39, 0.29) is 17.6 Å². The number of thiol groups is 1. The zero-order valence-corrected chi connectivity index (χ0v) is 12.0. The number of nitrogens with one attached hydrogen (secondary N) is 1. The highest BCUT2D eigenvalue weighted by atomic mass is 32.1. The molecule has 7 heteroatoms. The molecule has 0 fully saturated rings. The third kappa shape index (κ3) is 6.83. The van der Waals surface area contributed by atoms with Gasteiger partial charge in [0, 0.05) is 40.0 Å². The fourth-order valence-corrected chi connectivity index (χ4v) is 1.63. The molecule has 18 heavy (non-hydrogen) atoms. The molecule has 0 saturated carbocycles. The van der Waals surface area contributed by atoms with Crippen LogP contribution >= 0.6 is 12.6 Å². The predicted molar refractivity (Wildman–Crippen MR) is 71.8 cm³/mol. The summed E-state index contributed by atoms with van der Waals surface area (Å²) in [4.78, 5) is 24.8. The molecule has 1 N–H and O–H groups in total. The number of ether oxygens (including phenoxy) is 2. The summed E-state index contributed by atoms with van der Waals surface area (Å²) in [5.41, 5.74) is 0. The van der Waals surface area contributed by atoms with Gasteiger partial charge in [0.2, 0.25) is 11.8 Å². The van der Waals surface area contributed by atoms with Gasteiger partial charge in [-0.2, -0.15) is 12.6 Å². The van der Waals surface area contributed by atoms with E-state index in [4.69, 9.17) is 9.47 Å². The first-order valence-corrected chi connectivity index (χ1v) is 6.34. The molecule has 0 aliphatic heterocycles. The van der Waals surface area contributed by atoms with Crippen LogP contribution in [0.1, 0.15) is 6.92 Å². The van der Waals surface area contributed by atoms with Crippen molar-refractivity contribution in [2.75, 3.05) is 46.3 Å². The monoisotopic (exact) mass is 278 g/mol. The summed E-state index contributed by atoms with van der Waals surface area (Å²) in [6, 6.07) is -0.612. The van der Waals surface area contributed by atoms with Crippen LogP contribution in [-0.2, 0) is 19.1 Å². The molecule has 6 nitrogen and oxygen atoms in total. The normalized spacial score (nSPS) is 12.0. The molecule has 0 aromatic heterocycles. The number of hydrogen-bond donors (Lipinski definition) is 2. The van der Waals surface area contributed by atoms with E-state index < -0.39 is 6.04 Å². The fourth-order valence-electron chi connectivity index (χ4n) is 1.39. The molecule has 0 aliphatic rings. The lowest BCUT2D eigenvalue weighted by atomic mass is 10.2. The van der Waals surface area contributed by atoms with E-state index in [1.54, 1.807) is 19.1 Å². The lowest BCUT2D eigenvalue weighted by molar-refractivity contribution is -0.136. The van der Waals surface area contributed by atoms with E-state index in [1.165, 1.54) is 6.92 Å². The molecule has 0 heterocycles. The molecule has 1 atom stereocenters. The minimum Gasteiger partial charge on any atom is -0.383 e. The summed E-state index contributed by atoms with van der Waals surface area (Å²) in [6.45, 7) is 3.17. The van der Waals surface area contributed by atoms with E-state index >= 15 is 0 Å². The van der Waals surface area contributed by atoms with Crippen molar-refractivity contribution in [3.63, 3.8) is 0 Å². The molecule has 0 aliphatic carbocycles. The number of amides is 2. The maximum atomic E-state index is 12.2. The second kappa shape index (κ2) is 10.2. The molecule has 0 aromatic carbocycles. The lowest BCUT2D eigenvalue weighted by Crippen LogP contribution is -2.50. The lowest BCUT2D eigenvalue weighted by Gasteiger charge is -2.26. The zero-order valence-electron chi connectivity index (χ0n) is 11.1. The molecule has 0 spiro atoms. The van der Waals surface area contributed by atoms with Gasteiger partial charge in [-0.05, 0) is 0 Å². The Bertz CT molecular complexity index is 255. The van der Waals surface area contributed by atoms with Crippen molar-refractivity contribution >= 4 is 24.4 Å². The second-order valence-corrected chi connectivity index (χ2v) is 4.11. The zero-order chi connectivity index (χ0) is 14.0. The van der Waals surface area contributed by atoms with Crippen LogP contribution < -0.4 is 5.32 Å². The van der Waals surface area contributed by atoms with Crippen molar-refractivity contribution in [1.29, 1.82) is 0 Å². The second-order valence-electron chi connectivity index (χ2n) is 3.75. The standard InChI is InChI=1S/C11H22N2O4S/c1-9(14)12-10(8-18)11(15)13(4-6-16-2)5-7-17-3/h10,18H,4-8H2,1-3H3,(H,12,14). The van der Waals surface area contributed by atoms with E-state index in [9.17, 15) is 9.59 Å². The Labute approximate surface area is 113 Å². The highest BCUT2D eigenvalue weighted by Crippen LogP contribution is 1.99. The van der Waals surface area contributed by atoms with Crippen LogP contribution in [0.5, 0.6) is 0 Å². The maximum Gasteiger partial charge on any atom is 0.246 e. The van der Waals surface area contributed by atoms with Gasteiger partial charge in [-0.1, -0.05) is 0 Å². The van der Waals surface area contributed by atoms with Crippen LogP contribution in [0, 0.1) is 0 Å². The number of carbonyl (C=O) groups is 2. The summed E-state index contributed by atoms with van der Waals surface area (Å²) in [6.07, 6.45) is 0. The highest BCUT2D eigenvalue weighted by Gasteiger charge is 2.23. The number of rotatable bonds is 9. The quantitative estimate of drug-likeness (QED) is 0.560. The van der Waals surface area contributed by atoms with Crippen LogP contribution in [0.25, 0.3) is 0 Å². The third-order valence-corrected chi connectivity index (χ3v) is 2.67. The number of methoxy groups -OCH3 is 2. The van der Waals surface area contributed by atoms with Gasteiger partial charge < -0.3 is 19.7 Å². The van der Waals surface area contributed by atoms with Crippen LogP contribution in [-0.4, -0.2) is 69.0 Å². The Balaban J connectivity index is 4.51. The van der Waals surface area contributed by atoms with Crippen molar-refractivity contribution in [2.45, 2.75) is 13.0 Å². The topological polar surface area (TPSA) is 67.9 Å². The van der Waals surface area contributed by atoms with E-state index in [0.717, 1.165) is 0 Å². The average Bonchev–Trinajstić information content (AvgIpc) is 2.35. The Morgan fingerprint density at radius 3 is 2.06 bits per heavy atom. The van der Waals surface area contributed by atoms with Crippen molar-refractivity contribution < 1.29 is 19.1 Å². The number of hydrogen-bond acceptors (Lipinski definition) is 5.